The lowest BCUT2D eigenvalue weighted by atomic mass is 10.1. The highest BCUT2D eigenvalue weighted by molar-refractivity contribution is 9.10. The molecular weight excluding hydrogens is 432 g/mol. The number of anilines is 1. The van der Waals surface area contributed by atoms with Crippen molar-refractivity contribution >= 4 is 27.5 Å². The van der Waals surface area contributed by atoms with Gasteiger partial charge in [-0.05, 0) is 60.5 Å². The minimum Gasteiger partial charge on any atom is -0.334 e. The van der Waals surface area contributed by atoms with Crippen molar-refractivity contribution < 1.29 is 9.32 Å². The maximum Gasteiger partial charge on any atom is 0.274 e. The van der Waals surface area contributed by atoms with Gasteiger partial charge in [0.2, 0.25) is 11.7 Å². The number of aromatic nitrogens is 3. The van der Waals surface area contributed by atoms with Crippen LogP contribution >= 0.6 is 15.9 Å². The number of halogens is 1. The molecule has 0 aliphatic carbocycles. The average molecular weight is 451 g/mol. The van der Waals surface area contributed by atoms with Crippen LogP contribution in [-0.4, -0.2) is 20.6 Å². The second-order valence-corrected chi connectivity index (χ2v) is 7.47. The van der Waals surface area contributed by atoms with Crippen molar-refractivity contribution in [3.63, 3.8) is 0 Å². The molecule has 6 nitrogen and oxygen atoms in total. The van der Waals surface area contributed by atoms with E-state index in [-0.39, 0.29) is 12.5 Å². The minimum atomic E-state index is -0.126. The summed E-state index contributed by atoms with van der Waals surface area (Å²) in [5.74, 6) is 0.744. The van der Waals surface area contributed by atoms with E-state index in [2.05, 4.69) is 38.3 Å². The van der Waals surface area contributed by atoms with Gasteiger partial charge in [-0.15, -0.1) is 0 Å². The predicted molar refractivity (Wildman–Crippen MR) is 115 cm³/mol. The molecule has 0 spiro atoms. The van der Waals surface area contributed by atoms with Crippen molar-refractivity contribution in [2.75, 3.05) is 5.32 Å². The summed E-state index contributed by atoms with van der Waals surface area (Å²) in [6, 6.07) is 19.2. The molecule has 0 atom stereocenters. The first kappa shape index (κ1) is 19.1. The van der Waals surface area contributed by atoms with Crippen molar-refractivity contribution in [1.82, 2.24) is 14.7 Å². The Bertz CT molecular complexity index is 1110. The van der Waals surface area contributed by atoms with Gasteiger partial charge in [-0.3, -0.25) is 4.79 Å². The summed E-state index contributed by atoms with van der Waals surface area (Å²) in [5.41, 5.74) is 3.55. The number of rotatable bonds is 6. The number of carbonyl (C=O) groups is 1. The Morgan fingerprint density at radius 3 is 2.59 bits per heavy atom. The number of nitrogens with zero attached hydrogens (tertiary/aromatic N) is 3. The molecule has 146 valence electrons. The third kappa shape index (κ3) is 4.46. The third-order valence-electron chi connectivity index (χ3n) is 4.54. The predicted octanol–water partition coefficient (Wildman–Crippen LogP) is 5.17. The number of hydrogen-bond donors (Lipinski definition) is 1. The van der Waals surface area contributed by atoms with E-state index in [4.69, 9.17) is 4.52 Å². The normalized spacial score (nSPS) is 10.8. The molecular formula is C22H19BrN4O2. The van der Waals surface area contributed by atoms with Crippen molar-refractivity contribution in [3.8, 4) is 23.0 Å². The van der Waals surface area contributed by atoms with Crippen LogP contribution in [-0.2, 0) is 17.8 Å². The van der Waals surface area contributed by atoms with Crippen LogP contribution in [0.25, 0.3) is 23.0 Å². The molecule has 1 amide bonds. The second kappa shape index (κ2) is 8.45. The molecule has 0 fully saturated rings. The highest BCUT2D eigenvalue weighted by atomic mass is 79.9. The summed E-state index contributed by atoms with van der Waals surface area (Å²) in [6.45, 7) is 2.24. The van der Waals surface area contributed by atoms with Crippen LogP contribution in [0.4, 0.5) is 5.69 Å². The van der Waals surface area contributed by atoms with Crippen molar-refractivity contribution in [2.45, 2.75) is 19.9 Å². The quantitative estimate of drug-likeness (QED) is 0.439. The molecule has 0 saturated heterocycles. The van der Waals surface area contributed by atoms with Gasteiger partial charge in [0.15, 0.2) is 0 Å². The first-order valence-electron chi connectivity index (χ1n) is 9.26. The molecule has 2 aromatic carbocycles. The number of nitrogens with one attached hydrogen (secondary N) is 1. The van der Waals surface area contributed by atoms with E-state index in [1.807, 2.05) is 66.9 Å². The number of benzene rings is 2. The molecule has 4 rings (SSSR count). The van der Waals surface area contributed by atoms with Crippen molar-refractivity contribution in [1.29, 1.82) is 0 Å². The maximum atomic E-state index is 12.5. The zero-order valence-electron chi connectivity index (χ0n) is 15.8. The summed E-state index contributed by atoms with van der Waals surface area (Å²) in [6.07, 6.45) is 2.78. The molecule has 0 bridgehead atoms. The smallest absolute Gasteiger partial charge is 0.274 e. The molecule has 0 radical (unpaired) electrons. The lowest BCUT2D eigenvalue weighted by Crippen LogP contribution is -2.18. The Morgan fingerprint density at radius 1 is 1.10 bits per heavy atom. The van der Waals surface area contributed by atoms with Crippen LogP contribution in [0.15, 0.2) is 75.9 Å². The average Bonchev–Trinajstić information content (AvgIpc) is 3.38. The van der Waals surface area contributed by atoms with Gasteiger partial charge in [-0.1, -0.05) is 40.1 Å². The van der Waals surface area contributed by atoms with E-state index >= 15 is 0 Å². The summed E-state index contributed by atoms with van der Waals surface area (Å²) < 4.78 is 8.20. The fraction of sp³-hybridized carbons (Fsp3) is 0.136. The van der Waals surface area contributed by atoms with Gasteiger partial charge in [-0.2, -0.15) is 4.98 Å². The standard InChI is InChI=1S/C22H19BrN4O2/c1-2-15-5-11-18(12-6-15)24-20(28)14-27-13-3-4-19(27)22-25-21(26-29-22)16-7-9-17(23)10-8-16/h3-13H,2,14H2,1H3,(H,24,28). The highest BCUT2D eigenvalue weighted by Gasteiger charge is 2.15. The van der Waals surface area contributed by atoms with E-state index in [1.165, 1.54) is 5.56 Å². The SMILES string of the molecule is CCc1ccc(NC(=O)Cn2cccc2-c2nc(-c3ccc(Br)cc3)no2)cc1. The van der Waals surface area contributed by atoms with Crippen LogP contribution in [0.2, 0.25) is 0 Å². The molecule has 0 saturated carbocycles. The Kier molecular flexibility index (Phi) is 5.57. The van der Waals surface area contributed by atoms with E-state index in [0.717, 1.165) is 22.1 Å². The Hall–Kier alpha value is -3.19. The fourth-order valence-corrected chi connectivity index (χ4v) is 3.23. The van der Waals surface area contributed by atoms with Crippen LogP contribution < -0.4 is 5.32 Å². The van der Waals surface area contributed by atoms with E-state index in [9.17, 15) is 4.79 Å². The first-order chi connectivity index (χ1) is 14.1. The van der Waals surface area contributed by atoms with Gasteiger partial charge in [0, 0.05) is 21.9 Å². The van der Waals surface area contributed by atoms with Gasteiger partial charge in [-0.25, -0.2) is 0 Å². The van der Waals surface area contributed by atoms with E-state index in [1.54, 1.807) is 4.57 Å². The lowest BCUT2D eigenvalue weighted by Gasteiger charge is -2.08. The molecule has 4 aromatic rings. The molecule has 0 aliphatic heterocycles. The van der Waals surface area contributed by atoms with Crippen LogP contribution in [0.5, 0.6) is 0 Å². The summed E-state index contributed by atoms with van der Waals surface area (Å²) >= 11 is 3.41. The summed E-state index contributed by atoms with van der Waals surface area (Å²) in [4.78, 5) is 17.0. The van der Waals surface area contributed by atoms with E-state index < -0.39 is 0 Å². The summed E-state index contributed by atoms with van der Waals surface area (Å²) in [7, 11) is 0. The van der Waals surface area contributed by atoms with Gasteiger partial charge in [0.25, 0.3) is 5.89 Å². The molecule has 2 aromatic heterocycles. The number of hydrogen-bond acceptors (Lipinski definition) is 4. The largest absolute Gasteiger partial charge is 0.334 e. The molecule has 2 heterocycles. The zero-order valence-corrected chi connectivity index (χ0v) is 17.4. The zero-order chi connectivity index (χ0) is 20.2. The van der Waals surface area contributed by atoms with Crippen molar-refractivity contribution in [2.24, 2.45) is 0 Å². The molecule has 0 unspecified atom stereocenters. The highest BCUT2D eigenvalue weighted by Crippen LogP contribution is 2.24. The minimum absolute atomic E-state index is 0.126. The first-order valence-corrected chi connectivity index (χ1v) is 10.1. The van der Waals surface area contributed by atoms with Gasteiger partial charge in [0.1, 0.15) is 12.2 Å². The van der Waals surface area contributed by atoms with E-state index in [0.29, 0.717) is 17.4 Å². The van der Waals surface area contributed by atoms with Crippen LogP contribution in [0.1, 0.15) is 12.5 Å². The number of carbonyl (C=O) groups excluding carboxylic acids is 1. The third-order valence-corrected chi connectivity index (χ3v) is 5.07. The monoisotopic (exact) mass is 450 g/mol. The topological polar surface area (TPSA) is 73.0 Å². The molecule has 0 aliphatic rings. The van der Waals surface area contributed by atoms with Crippen molar-refractivity contribution in [3.05, 3.63) is 76.9 Å². The second-order valence-electron chi connectivity index (χ2n) is 6.55. The van der Waals surface area contributed by atoms with Crippen LogP contribution in [0.3, 0.4) is 0 Å². The fourth-order valence-electron chi connectivity index (χ4n) is 2.97. The number of aryl methyl sites for hydroxylation is 1. The lowest BCUT2D eigenvalue weighted by molar-refractivity contribution is -0.116. The van der Waals surface area contributed by atoms with Gasteiger partial charge in [0.05, 0.1) is 0 Å². The Labute approximate surface area is 176 Å². The summed E-state index contributed by atoms with van der Waals surface area (Å²) in [5, 5.41) is 6.98. The Morgan fingerprint density at radius 2 is 1.86 bits per heavy atom. The number of amides is 1. The van der Waals surface area contributed by atoms with Gasteiger partial charge >= 0.3 is 0 Å². The molecule has 29 heavy (non-hydrogen) atoms. The van der Waals surface area contributed by atoms with Crippen LogP contribution in [0, 0.1) is 0 Å². The van der Waals surface area contributed by atoms with Gasteiger partial charge < -0.3 is 14.4 Å². The molecule has 1 N–H and O–H groups in total. The molecule has 7 heteroatoms. The maximum absolute atomic E-state index is 12.5. The Balaban J connectivity index is 1.48.